The highest BCUT2D eigenvalue weighted by atomic mass is 19.1. The molecule has 162 valence electrons. The second-order valence-electron chi connectivity index (χ2n) is 6.85. The highest BCUT2D eigenvalue weighted by Gasteiger charge is 2.31. The number of nitrogens with zero attached hydrogens (tertiary/aromatic N) is 2. The number of urea groups is 1. The van der Waals surface area contributed by atoms with Crippen LogP contribution in [0.15, 0.2) is 53.5 Å². The van der Waals surface area contributed by atoms with Crippen LogP contribution in [-0.2, 0) is 14.3 Å². The van der Waals surface area contributed by atoms with Crippen LogP contribution in [0.2, 0.25) is 0 Å². The number of aliphatic imine (C=N–C) groups is 1. The van der Waals surface area contributed by atoms with Gasteiger partial charge in [0.1, 0.15) is 5.82 Å². The number of likely N-dealkylation sites (N-methyl/N-ethyl adjacent to an activating group) is 1. The Morgan fingerprint density at radius 3 is 2.52 bits per heavy atom. The van der Waals surface area contributed by atoms with Crippen LogP contribution in [0.3, 0.4) is 0 Å². The first-order chi connectivity index (χ1) is 14.9. The van der Waals surface area contributed by atoms with Crippen LogP contribution >= 0.6 is 0 Å². The molecule has 2 N–H and O–H groups in total. The maximum Gasteiger partial charge on any atom is 0.316 e. The summed E-state index contributed by atoms with van der Waals surface area (Å²) in [6, 6.07) is 12.5. The molecule has 0 fully saturated rings. The number of para-hydroxylation sites is 1. The molecule has 3 rings (SSSR count). The largest absolute Gasteiger partial charge is 0.469 e. The first-order valence-corrected chi connectivity index (χ1v) is 9.73. The van der Waals surface area contributed by atoms with Crippen LogP contribution in [0.4, 0.5) is 14.9 Å². The molecule has 3 amide bonds. The average Bonchev–Trinajstić information content (AvgIpc) is 2.88. The van der Waals surface area contributed by atoms with E-state index in [1.54, 1.807) is 49.5 Å². The molecule has 0 saturated carbocycles. The zero-order chi connectivity index (χ0) is 22.4. The van der Waals surface area contributed by atoms with Gasteiger partial charge in [0.2, 0.25) is 6.17 Å². The van der Waals surface area contributed by atoms with Crippen LogP contribution in [0.5, 0.6) is 0 Å². The highest BCUT2D eigenvalue weighted by molar-refractivity contribution is 6.20. The van der Waals surface area contributed by atoms with Crippen LogP contribution in [-0.4, -0.2) is 50.5 Å². The van der Waals surface area contributed by atoms with Gasteiger partial charge in [-0.15, -0.1) is 0 Å². The van der Waals surface area contributed by atoms with Crippen molar-refractivity contribution in [3.8, 4) is 0 Å². The van der Waals surface area contributed by atoms with E-state index in [-0.39, 0.29) is 30.2 Å². The highest BCUT2D eigenvalue weighted by Crippen LogP contribution is 2.27. The number of carbonyl (C=O) groups excluding carboxylic acids is 3. The van der Waals surface area contributed by atoms with E-state index in [1.165, 1.54) is 18.1 Å². The van der Waals surface area contributed by atoms with Gasteiger partial charge in [-0.05, 0) is 24.6 Å². The molecule has 0 saturated heterocycles. The average molecular weight is 426 g/mol. The van der Waals surface area contributed by atoms with Gasteiger partial charge < -0.3 is 20.3 Å². The second kappa shape index (κ2) is 9.84. The number of anilines is 1. The van der Waals surface area contributed by atoms with Crippen molar-refractivity contribution in [2.24, 2.45) is 4.99 Å². The number of carbonyl (C=O) groups is 3. The predicted octanol–water partition coefficient (Wildman–Crippen LogP) is 2.22. The number of nitrogens with one attached hydrogen (secondary N) is 2. The van der Waals surface area contributed by atoms with Crippen molar-refractivity contribution in [3.63, 3.8) is 0 Å². The summed E-state index contributed by atoms with van der Waals surface area (Å²) in [4.78, 5) is 42.3. The topological polar surface area (TPSA) is 100 Å². The van der Waals surface area contributed by atoms with Crippen molar-refractivity contribution < 1.29 is 23.5 Å². The van der Waals surface area contributed by atoms with Gasteiger partial charge in [-0.1, -0.05) is 30.3 Å². The molecule has 1 atom stereocenters. The maximum absolute atomic E-state index is 14.6. The minimum atomic E-state index is -1.26. The van der Waals surface area contributed by atoms with E-state index in [0.29, 0.717) is 17.7 Å². The molecule has 31 heavy (non-hydrogen) atoms. The third kappa shape index (κ3) is 5.06. The van der Waals surface area contributed by atoms with E-state index >= 15 is 0 Å². The Bertz CT molecular complexity index is 1020. The van der Waals surface area contributed by atoms with Gasteiger partial charge in [0.05, 0.1) is 18.5 Å². The van der Waals surface area contributed by atoms with E-state index < -0.39 is 23.9 Å². The Morgan fingerprint density at radius 1 is 1.13 bits per heavy atom. The van der Waals surface area contributed by atoms with E-state index in [1.807, 2.05) is 0 Å². The van der Waals surface area contributed by atoms with E-state index in [4.69, 9.17) is 0 Å². The molecule has 2 aromatic rings. The van der Waals surface area contributed by atoms with Crippen molar-refractivity contribution in [1.29, 1.82) is 0 Å². The summed E-state index contributed by atoms with van der Waals surface area (Å²) in [5, 5.41) is 5.11. The molecular formula is C22H23FN4O4. The van der Waals surface area contributed by atoms with Gasteiger partial charge in [0.25, 0.3) is 5.91 Å². The summed E-state index contributed by atoms with van der Waals surface area (Å²) in [5.74, 6) is -1.33. The van der Waals surface area contributed by atoms with Gasteiger partial charge in [-0.2, -0.15) is 0 Å². The van der Waals surface area contributed by atoms with E-state index in [2.05, 4.69) is 20.4 Å². The molecule has 0 spiro atoms. The molecule has 9 heteroatoms. The minimum absolute atomic E-state index is 0.159. The number of rotatable bonds is 6. The third-order valence-electron chi connectivity index (χ3n) is 4.81. The number of amides is 3. The number of hydrogen-bond donors (Lipinski definition) is 2. The molecular weight excluding hydrogens is 403 g/mol. The van der Waals surface area contributed by atoms with Crippen molar-refractivity contribution in [2.75, 3.05) is 25.6 Å². The van der Waals surface area contributed by atoms with Crippen LogP contribution in [0, 0.1) is 5.82 Å². The fraction of sp³-hybridized carbons (Fsp3) is 0.273. The SMILES string of the molecule is COC(=O)CCCNC(=O)NC1N=C(c2ccccc2F)c2ccccc2N(C)C1=O. The maximum atomic E-state index is 14.6. The number of benzene rings is 2. The van der Waals surface area contributed by atoms with Crippen molar-refractivity contribution in [1.82, 2.24) is 10.6 Å². The Balaban J connectivity index is 1.86. The number of fused-ring (bicyclic) bond motifs is 1. The van der Waals surface area contributed by atoms with Crippen LogP contribution in [0.25, 0.3) is 0 Å². The second-order valence-corrected chi connectivity index (χ2v) is 6.85. The summed E-state index contributed by atoms with van der Waals surface area (Å²) in [6.07, 6.45) is -0.715. The van der Waals surface area contributed by atoms with Crippen LogP contribution < -0.4 is 15.5 Å². The summed E-state index contributed by atoms with van der Waals surface area (Å²) in [6.45, 7) is 0.210. The van der Waals surface area contributed by atoms with Crippen molar-refractivity contribution >= 4 is 29.3 Å². The van der Waals surface area contributed by atoms with Gasteiger partial charge in [-0.25, -0.2) is 14.2 Å². The monoisotopic (exact) mass is 426 g/mol. The molecule has 1 aliphatic rings. The molecule has 1 unspecified atom stereocenters. The van der Waals surface area contributed by atoms with E-state index in [0.717, 1.165) is 0 Å². The number of halogens is 1. The number of benzodiazepines with no additional fused rings is 1. The fourth-order valence-electron chi connectivity index (χ4n) is 3.20. The summed E-state index contributed by atoms with van der Waals surface area (Å²) in [7, 11) is 2.86. The van der Waals surface area contributed by atoms with E-state index in [9.17, 15) is 18.8 Å². The normalized spacial score (nSPS) is 15.5. The number of methoxy groups -OCH3 is 1. The Kier molecular flexibility index (Phi) is 6.96. The molecule has 1 aliphatic heterocycles. The molecule has 1 heterocycles. The lowest BCUT2D eigenvalue weighted by atomic mass is 10.00. The van der Waals surface area contributed by atoms with Gasteiger partial charge in [-0.3, -0.25) is 9.59 Å². The number of hydrogen-bond acceptors (Lipinski definition) is 5. The van der Waals surface area contributed by atoms with Crippen LogP contribution in [0.1, 0.15) is 24.0 Å². The zero-order valence-electron chi connectivity index (χ0n) is 17.2. The lowest BCUT2D eigenvalue weighted by Gasteiger charge is -2.21. The lowest BCUT2D eigenvalue weighted by Crippen LogP contribution is -2.49. The molecule has 0 aliphatic carbocycles. The third-order valence-corrected chi connectivity index (χ3v) is 4.81. The fourth-order valence-corrected chi connectivity index (χ4v) is 3.20. The summed E-state index contributed by atoms with van der Waals surface area (Å²) in [5.41, 5.74) is 1.62. The van der Waals surface area contributed by atoms with Crippen molar-refractivity contribution in [3.05, 3.63) is 65.5 Å². The summed E-state index contributed by atoms with van der Waals surface area (Å²) < 4.78 is 19.1. The molecule has 2 aromatic carbocycles. The number of esters is 1. The standard InChI is InChI=1S/C22H23FN4O4/c1-27-17-11-6-4-9-15(17)19(14-8-3-5-10-16(14)23)25-20(21(27)29)26-22(30)24-13-7-12-18(28)31-2/h3-6,8-11,20H,7,12-13H2,1-2H3,(H2,24,26,30). The molecule has 8 nitrogen and oxygen atoms in total. The Morgan fingerprint density at radius 2 is 1.81 bits per heavy atom. The lowest BCUT2D eigenvalue weighted by molar-refractivity contribution is -0.140. The predicted molar refractivity (Wildman–Crippen MR) is 113 cm³/mol. The number of ether oxygens (including phenoxy) is 1. The van der Waals surface area contributed by atoms with Gasteiger partial charge >= 0.3 is 12.0 Å². The zero-order valence-corrected chi connectivity index (χ0v) is 17.2. The molecule has 0 radical (unpaired) electrons. The minimum Gasteiger partial charge on any atom is -0.469 e. The Hall–Kier alpha value is -3.75. The first kappa shape index (κ1) is 21.9. The quantitative estimate of drug-likeness (QED) is 0.546. The first-order valence-electron chi connectivity index (χ1n) is 9.73. The smallest absolute Gasteiger partial charge is 0.316 e. The molecule has 0 aromatic heterocycles. The van der Waals surface area contributed by atoms with Crippen molar-refractivity contribution in [2.45, 2.75) is 19.0 Å². The van der Waals surface area contributed by atoms with Gasteiger partial charge in [0.15, 0.2) is 0 Å². The molecule has 0 bridgehead atoms. The summed E-state index contributed by atoms with van der Waals surface area (Å²) >= 11 is 0. The van der Waals surface area contributed by atoms with Gasteiger partial charge in [0, 0.05) is 31.1 Å². The Labute approximate surface area is 179 Å².